The molecule has 6 N–H and O–H groups in total. The van der Waals surface area contributed by atoms with Crippen molar-refractivity contribution in [3.05, 3.63) is 84.4 Å². The first-order chi connectivity index (χ1) is 12.7. The van der Waals surface area contributed by atoms with Gasteiger partial charge in [0, 0.05) is 18.4 Å². The maximum atomic E-state index is 12.8. The number of halogens is 2. The second-order valence-electron chi connectivity index (χ2n) is 6.65. The normalized spacial score (nSPS) is 11.1. The van der Waals surface area contributed by atoms with Gasteiger partial charge in [0.15, 0.2) is 5.78 Å². The van der Waals surface area contributed by atoms with E-state index >= 15 is 0 Å². The van der Waals surface area contributed by atoms with Crippen molar-refractivity contribution < 1.29 is 41.1 Å². The van der Waals surface area contributed by atoms with Crippen molar-refractivity contribution in [1.29, 1.82) is 0 Å². The van der Waals surface area contributed by atoms with Crippen LogP contribution >= 0.6 is 0 Å². The zero-order valence-electron chi connectivity index (χ0n) is 15.8. The fourth-order valence-corrected chi connectivity index (χ4v) is 3.01. The van der Waals surface area contributed by atoms with E-state index in [1.807, 2.05) is 48.5 Å². The van der Waals surface area contributed by atoms with Crippen LogP contribution in [0.25, 0.3) is 22.3 Å². The highest BCUT2D eigenvalue weighted by molar-refractivity contribution is 5.98. The van der Waals surface area contributed by atoms with Gasteiger partial charge >= 0.3 is 0 Å². The molecule has 0 amide bonds. The Morgan fingerprint density at radius 2 is 1.21 bits per heavy atom. The van der Waals surface area contributed by atoms with E-state index < -0.39 is 0 Å². The molecular formula is C23H26Cl2N2O. The summed E-state index contributed by atoms with van der Waals surface area (Å²) in [5.41, 5.74) is 13.0. The second kappa shape index (κ2) is 11.6. The van der Waals surface area contributed by atoms with Gasteiger partial charge in [-0.15, -0.1) is 0 Å². The minimum absolute atomic E-state index is 0. The van der Waals surface area contributed by atoms with Gasteiger partial charge in [0.05, 0.1) is 0 Å². The van der Waals surface area contributed by atoms with Crippen LogP contribution in [0.5, 0.6) is 0 Å². The predicted octanol–water partition coefficient (Wildman–Crippen LogP) is -3.16. The molecule has 148 valence electrons. The first-order valence-electron chi connectivity index (χ1n) is 9.09. The molecule has 0 aliphatic rings. The van der Waals surface area contributed by atoms with Gasteiger partial charge in [0.25, 0.3) is 0 Å². The maximum absolute atomic E-state index is 12.8. The van der Waals surface area contributed by atoms with Crippen molar-refractivity contribution in [1.82, 2.24) is 0 Å². The molecule has 0 aliphatic heterocycles. The molecule has 0 aliphatic carbocycles. The van der Waals surface area contributed by atoms with Gasteiger partial charge < -0.3 is 36.3 Å². The molecule has 0 unspecified atom stereocenters. The van der Waals surface area contributed by atoms with Crippen LogP contribution in [-0.2, 0) is 0 Å². The van der Waals surface area contributed by atoms with E-state index in [9.17, 15) is 4.79 Å². The average Bonchev–Trinajstić information content (AvgIpc) is 2.72. The molecule has 0 heterocycles. The Balaban J connectivity index is 0.00000196. The van der Waals surface area contributed by atoms with Crippen molar-refractivity contribution >= 4 is 5.78 Å². The lowest BCUT2D eigenvalue weighted by Crippen LogP contribution is -3.00. The van der Waals surface area contributed by atoms with E-state index in [0.717, 1.165) is 40.8 Å². The third-order valence-corrected chi connectivity index (χ3v) is 4.66. The van der Waals surface area contributed by atoms with E-state index in [4.69, 9.17) is 0 Å². The lowest BCUT2D eigenvalue weighted by atomic mass is 9.93. The minimum atomic E-state index is 0. The van der Waals surface area contributed by atoms with E-state index in [0.29, 0.717) is 6.42 Å². The highest BCUT2D eigenvalue weighted by Gasteiger charge is 2.14. The fraction of sp³-hybridized carbons (Fsp3) is 0.174. The first kappa shape index (κ1) is 23.9. The van der Waals surface area contributed by atoms with Crippen LogP contribution in [0.4, 0.5) is 0 Å². The smallest absolute Gasteiger partial charge is 0.163 e. The minimum Gasteiger partial charge on any atom is -1.00 e. The van der Waals surface area contributed by atoms with Crippen LogP contribution in [0.1, 0.15) is 23.2 Å². The van der Waals surface area contributed by atoms with E-state index in [2.05, 4.69) is 41.8 Å². The third kappa shape index (κ3) is 6.18. The molecule has 0 radical (unpaired) electrons. The molecule has 3 aromatic rings. The van der Waals surface area contributed by atoms with Gasteiger partial charge in [-0.2, -0.15) is 0 Å². The van der Waals surface area contributed by atoms with Gasteiger partial charge in [-0.05, 0) is 40.5 Å². The molecule has 1 atom stereocenters. The highest BCUT2D eigenvalue weighted by atomic mass is 35.5. The summed E-state index contributed by atoms with van der Waals surface area (Å²) in [6, 6.07) is 26.8. The molecule has 0 saturated carbocycles. The number of ketones is 1. The van der Waals surface area contributed by atoms with E-state index in [1.54, 1.807) is 0 Å². The summed E-state index contributed by atoms with van der Waals surface area (Å²) in [4.78, 5) is 12.8. The van der Waals surface area contributed by atoms with E-state index in [1.165, 1.54) is 0 Å². The number of rotatable bonds is 7. The topological polar surface area (TPSA) is 72.3 Å². The lowest BCUT2D eigenvalue weighted by Gasteiger charge is -2.11. The molecule has 0 saturated heterocycles. The van der Waals surface area contributed by atoms with Crippen molar-refractivity contribution in [2.75, 3.05) is 6.54 Å². The Kier molecular flexibility index (Phi) is 9.91. The Bertz CT molecular complexity index is 813. The summed E-state index contributed by atoms with van der Waals surface area (Å²) in [5, 5.41) is 0. The summed E-state index contributed by atoms with van der Waals surface area (Å²) < 4.78 is 0. The Morgan fingerprint density at radius 3 is 1.64 bits per heavy atom. The molecule has 0 bridgehead atoms. The second-order valence-corrected chi connectivity index (χ2v) is 6.65. The zero-order valence-corrected chi connectivity index (χ0v) is 17.3. The Labute approximate surface area is 179 Å². The molecule has 28 heavy (non-hydrogen) atoms. The van der Waals surface area contributed by atoms with Crippen molar-refractivity contribution in [2.45, 2.75) is 18.9 Å². The SMILES string of the molecule is [Cl-].[Cl-].[NH3+]C[C@@H]([NH3+])CCC(=O)c1cc(-c2ccccc2)cc(-c2ccccc2)c1. The van der Waals surface area contributed by atoms with Crippen LogP contribution in [-0.4, -0.2) is 18.4 Å². The van der Waals surface area contributed by atoms with Crippen LogP contribution in [0.15, 0.2) is 78.9 Å². The number of hydrogen-bond donors (Lipinski definition) is 2. The summed E-state index contributed by atoms with van der Waals surface area (Å²) in [6.07, 6.45) is 1.29. The first-order valence-corrected chi connectivity index (χ1v) is 9.09. The lowest BCUT2D eigenvalue weighted by molar-refractivity contribution is -0.493. The molecule has 3 rings (SSSR count). The number of Topliss-reactive ketones (excluding diaryl/α,β-unsaturated/α-hetero) is 1. The summed E-state index contributed by atoms with van der Waals surface area (Å²) in [7, 11) is 0. The van der Waals surface area contributed by atoms with Crippen LogP contribution in [0.2, 0.25) is 0 Å². The number of hydrogen-bond acceptors (Lipinski definition) is 1. The monoisotopic (exact) mass is 416 g/mol. The van der Waals surface area contributed by atoms with Gasteiger partial charge in [-0.1, -0.05) is 60.7 Å². The van der Waals surface area contributed by atoms with Crippen molar-refractivity contribution in [3.8, 4) is 22.3 Å². The van der Waals surface area contributed by atoms with Crippen LogP contribution in [0.3, 0.4) is 0 Å². The molecule has 3 aromatic carbocycles. The van der Waals surface area contributed by atoms with Gasteiger partial charge in [0.1, 0.15) is 12.6 Å². The number of carbonyl (C=O) groups is 1. The van der Waals surface area contributed by atoms with Crippen molar-refractivity contribution in [2.24, 2.45) is 0 Å². The summed E-state index contributed by atoms with van der Waals surface area (Å²) in [5.74, 6) is 0.169. The fourth-order valence-electron chi connectivity index (χ4n) is 3.01. The molecular weight excluding hydrogens is 391 g/mol. The third-order valence-electron chi connectivity index (χ3n) is 4.66. The van der Waals surface area contributed by atoms with E-state index in [-0.39, 0.29) is 36.6 Å². The molecule has 0 aromatic heterocycles. The van der Waals surface area contributed by atoms with Gasteiger partial charge in [-0.3, -0.25) is 4.79 Å². The molecule has 5 heteroatoms. The maximum Gasteiger partial charge on any atom is 0.163 e. The highest BCUT2D eigenvalue weighted by Crippen LogP contribution is 2.29. The largest absolute Gasteiger partial charge is 1.00 e. The molecule has 0 fully saturated rings. The van der Waals surface area contributed by atoms with Crippen molar-refractivity contribution in [3.63, 3.8) is 0 Å². The predicted molar refractivity (Wildman–Crippen MR) is 105 cm³/mol. The zero-order chi connectivity index (χ0) is 18.4. The Morgan fingerprint density at radius 1 is 0.750 bits per heavy atom. The number of carbonyl (C=O) groups excluding carboxylic acids is 1. The number of quaternary nitrogens is 2. The molecule has 0 spiro atoms. The summed E-state index contributed by atoms with van der Waals surface area (Å²) in [6.45, 7) is 0.757. The van der Waals surface area contributed by atoms with Gasteiger partial charge in [0.2, 0.25) is 0 Å². The van der Waals surface area contributed by atoms with Crippen LogP contribution < -0.4 is 36.3 Å². The quantitative estimate of drug-likeness (QED) is 0.392. The standard InChI is InChI=1S/C23H24N2O.2ClH/c24-16-22(25)11-12-23(26)21-14-19(17-7-3-1-4-8-17)13-20(15-21)18-9-5-2-6-10-18;;/h1-10,13-15,22H,11-12,16,24-25H2;2*1H/t22-;;/m0../s1. The number of benzene rings is 3. The van der Waals surface area contributed by atoms with Crippen LogP contribution in [0, 0.1) is 0 Å². The molecule has 3 nitrogen and oxygen atoms in total. The summed E-state index contributed by atoms with van der Waals surface area (Å²) >= 11 is 0. The van der Waals surface area contributed by atoms with Gasteiger partial charge in [-0.25, -0.2) is 0 Å². The average molecular weight is 417 g/mol. The Hall–Kier alpha value is -2.17.